The average molecular weight is 180 g/mol. The molecule has 0 heterocycles. The quantitative estimate of drug-likeness (QED) is 0.514. The van der Waals surface area contributed by atoms with Crippen molar-refractivity contribution in [3.63, 3.8) is 0 Å². The first-order valence-corrected chi connectivity index (χ1v) is 5.55. The molecule has 0 bridgehead atoms. The number of rotatable bonds is 2. The summed E-state index contributed by atoms with van der Waals surface area (Å²) in [4.78, 5) is 4.64. The number of aliphatic imine (C=N–C) groups is 1. The standard InChI is InChI=1S/C11H20N2/c1-11(7-8-11)13-10(12)9-5-3-2-4-6-9/h9H,2-8H2,1H3,(H2,12,13). The Morgan fingerprint density at radius 1 is 1.23 bits per heavy atom. The fourth-order valence-corrected chi connectivity index (χ4v) is 2.09. The molecule has 13 heavy (non-hydrogen) atoms. The SMILES string of the molecule is CC1(N=C(N)C2CCCCC2)CC1. The van der Waals surface area contributed by atoms with Gasteiger partial charge >= 0.3 is 0 Å². The summed E-state index contributed by atoms with van der Waals surface area (Å²) in [6.07, 6.45) is 9.09. The number of hydrogen-bond donors (Lipinski definition) is 1. The Kier molecular flexibility index (Phi) is 2.31. The van der Waals surface area contributed by atoms with Crippen LogP contribution in [0.15, 0.2) is 4.99 Å². The van der Waals surface area contributed by atoms with Gasteiger partial charge in [0.15, 0.2) is 0 Å². The predicted octanol–water partition coefficient (Wildman–Crippen LogP) is 2.48. The summed E-state index contributed by atoms with van der Waals surface area (Å²) < 4.78 is 0. The van der Waals surface area contributed by atoms with Crippen molar-refractivity contribution in [2.24, 2.45) is 16.6 Å². The number of nitrogens with zero attached hydrogens (tertiary/aromatic N) is 1. The first kappa shape index (κ1) is 9.04. The zero-order chi connectivity index (χ0) is 9.31. The van der Waals surface area contributed by atoms with Crippen LogP contribution in [0.2, 0.25) is 0 Å². The number of hydrogen-bond acceptors (Lipinski definition) is 1. The molecule has 0 saturated heterocycles. The summed E-state index contributed by atoms with van der Waals surface area (Å²) in [6.45, 7) is 2.21. The molecule has 0 aliphatic heterocycles. The van der Waals surface area contributed by atoms with E-state index in [-0.39, 0.29) is 5.54 Å². The molecule has 2 nitrogen and oxygen atoms in total. The Morgan fingerprint density at radius 2 is 1.85 bits per heavy atom. The molecule has 0 amide bonds. The van der Waals surface area contributed by atoms with Crippen LogP contribution in [0, 0.1) is 5.92 Å². The van der Waals surface area contributed by atoms with E-state index >= 15 is 0 Å². The maximum atomic E-state index is 6.02. The lowest BCUT2D eigenvalue weighted by Crippen LogP contribution is -2.27. The second-order valence-electron chi connectivity index (χ2n) is 4.87. The summed E-state index contributed by atoms with van der Waals surface area (Å²) in [5.74, 6) is 1.55. The van der Waals surface area contributed by atoms with Crippen LogP contribution in [0.5, 0.6) is 0 Å². The molecule has 0 aromatic rings. The van der Waals surface area contributed by atoms with E-state index in [2.05, 4.69) is 11.9 Å². The second-order valence-corrected chi connectivity index (χ2v) is 4.87. The van der Waals surface area contributed by atoms with E-state index in [4.69, 9.17) is 5.73 Å². The van der Waals surface area contributed by atoms with E-state index in [0.29, 0.717) is 5.92 Å². The van der Waals surface area contributed by atoms with Crippen LogP contribution in [0.25, 0.3) is 0 Å². The molecule has 2 aliphatic carbocycles. The lowest BCUT2D eigenvalue weighted by molar-refractivity contribution is 0.435. The van der Waals surface area contributed by atoms with Crippen molar-refractivity contribution in [3.8, 4) is 0 Å². The Morgan fingerprint density at radius 3 is 2.38 bits per heavy atom. The van der Waals surface area contributed by atoms with Crippen LogP contribution in [-0.2, 0) is 0 Å². The van der Waals surface area contributed by atoms with Gasteiger partial charge in [0.05, 0.1) is 11.4 Å². The van der Waals surface area contributed by atoms with E-state index in [1.54, 1.807) is 0 Å². The van der Waals surface area contributed by atoms with E-state index < -0.39 is 0 Å². The highest BCUT2D eigenvalue weighted by Gasteiger charge is 2.37. The van der Waals surface area contributed by atoms with Crippen molar-refractivity contribution in [2.75, 3.05) is 0 Å². The molecule has 2 heteroatoms. The van der Waals surface area contributed by atoms with Crippen molar-refractivity contribution in [2.45, 2.75) is 57.4 Å². The van der Waals surface area contributed by atoms with Crippen molar-refractivity contribution in [1.82, 2.24) is 0 Å². The molecule has 2 N–H and O–H groups in total. The summed E-state index contributed by atoms with van der Waals surface area (Å²) >= 11 is 0. The maximum absolute atomic E-state index is 6.02. The Bertz CT molecular complexity index is 210. The number of amidine groups is 1. The first-order chi connectivity index (χ1) is 6.20. The molecular weight excluding hydrogens is 160 g/mol. The summed E-state index contributed by atoms with van der Waals surface area (Å²) in [5.41, 5.74) is 6.26. The van der Waals surface area contributed by atoms with Crippen LogP contribution in [0.3, 0.4) is 0 Å². The Hall–Kier alpha value is -0.530. The highest BCUT2D eigenvalue weighted by atomic mass is 15.0. The van der Waals surface area contributed by atoms with Gasteiger partial charge in [-0.3, -0.25) is 4.99 Å². The Balaban J connectivity index is 1.94. The summed E-state index contributed by atoms with van der Waals surface area (Å²) in [5, 5.41) is 0. The van der Waals surface area contributed by atoms with Crippen LogP contribution in [-0.4, -0.2) is 11.4 Å². The second kappa shape index (κ2) is 3.32. The fraction of sp³-hybridized carbons (Fsp3) is 0.909. The minimum absolute atomic E-state index is 0.238. The fourth-order valence-electron chi connectivity index (χ4n) is 2.09. The third kappa shape index (κ3) is 2.23. The van der Waals surface area contributed by atoms with Gasteiger partial charge in [-0.25, -0.2) is 0 Å². The van der Waals surface area contributed by atoms with Crippen molar-refractivity contribution < 1.29 is 0 Å². The highest BCUT2D eigenvalue weighted by Crippen LogP contribution is 2.39. The Labute approximate surface area is 80.6 Å². The molecule has 2 aliphatic rings. The van der Waals surface area contributed by atoms with Crippen LogP contribution in [0.1, 0.15) is 51.9 Å². The lowest BCUT2D eigenvalue weighted by atomic mass is 9.88. The van der Waals surface area contributed by atoms with Gasteiger partial charge in [0.1, 0.15) is 0 Å². The molecule has 0 aromatic carbocycles. The van der Waals surface area contributed by atoms with Gasteiger partial charge in [-0.2, -0.15) is 0 Å². The molecular formula is C11H20N2. The van der Waals surface area contributed by atoms with Gasteiger partial charge in [-0.15, -0.1) is 0 Å². The van der Waals surface area contributed by atoms with Gasteiger partial charge in [0, 0.05) is 5.92 Å². The minimum atomic E-state index is 0.238. The van der Waals surface area contributed by atoms with Gasteiger partial charge in [0.25, 0.3) is 0 Å². The smallest absolute Gasteiger partial charge is 0.0975 e. The molecule has 0 spiro atoms. The normalized spacial score (nSPS) is 28.8. The van der Waals surface area contributed by atoms with Crippen molar-refractivity contribution in [3.05, 3.63) is 0 Å². The largest absolute Gasteiger partial charge is 0.387 e. The van der Waals surface area contributed by atoms with Gasteiger partial charge in [-0.05, 0) is 32.6 Å². The average Bonchev–Trinajstić information content (AvgIpc) is 2.85. The zero-order valence-electron chi connectivity index (χ0n) is 8.55. The minimum Gasteiger partial charge on any atom is -0.387 e. The van der Waals surface area contributed by atoms with E-state index in [0.717, 1.165) is 5.84 Å². The molecule has 2 rings (SSSR count). The van der Waals surface area contributed by atoms with Gasteiger partial charge in [0.2, 0.25) is 0 Å². The molecule has 74 valence electrons. The summed E-state index contributed by atoms with van der Waals surface area (Å²) in [7, 11) is 0. The molecule has 0 aromatic heterocycles. The van der Waals surface area contributed by atoms with Gasteiger partial charge < -0.3 is 5.73 Å². The first-order valence-electron chi connectivity index (χ1n) is 5.55. The molecule has 0 radical (unpaired) electrons. The molecule has 2 fully saturated rings. The van der Waals surface area contributed by atoms with Crippen LogP contribution in [0.4, 0.5) is 0 Å². The van der Waals surface area contributed by atoms with E-state index in [9.17, 15) is 0 Å². The summed E-state index contributed by atoms with van der Waals surface area (Å²) in [6, 6.07) is 0. The third-order valence-electron chi connectivity index (χ3n) is 3.40. The number of nitrogens with two attached hydrogens (primary N) is 1. The van der Waals surface area contributed by atoms with E-state index in [1.165, 1.54) is 44.9 Å². The highest BCUT2D eigenvalue weighted by molar-refractivity contribution is 5.83. The molecule has 2 saturated carbocycles. The van der Waals surface area contributed by atoms with E-state index in [1.807, 2.05) is 0 Å². The predicted molar refractivity (Wildman–Crippen MR) is 55.8 cm³/mol. The topological polar surface area (TPSA) is 38.4 Å². The molecule has 0 unspecified atom stereocenters. The van der Waals surface area contributed by atoms with Crippen molar-refractivity contribution >= 4 is 5.84 Å². The monoisotopic (exact) mass is 180 g/mol. The maximum Gasteiger partial charge on any atom is 0.0975 e. The lowest BCUT2D eigenvalue weighted by Gasteiger charge is -2.21. The van der Waals surface area contributed by atoms with Crippen LogP contribution < -0.4 is 5.73 Å². The van der Waals surface area contributed by atoms with Crippen LogP contribution >= 0.6 is 0 Å². The molecule has 0 atom stereocenters. The van der Waals surface area contributed by atoms with Crippen molar-refractivity contribution in [1.29, 1.82) is 0 Å². The third-order valence-corrected chi connectivity index (χ3v) is 3.40. The zero-order valence-corrected chi connectivity index (χ0v) is 8.55. The van der Waals surface area contributed by atoms with Gasteiger partial charge in [-0.1, -0.05) is 19.3 Å².